The first-order valence-corrected chi connectivity index (χ1v) is 8.76. The van der Waals surface area contributed by atoms with Crippen LogP contribution in [0.4, 0.5) is 0 Å². The van der Waals surface area contributed by atoms with E-state index >= 15 is 0 Å². The van der Waals surface area contributed by atoms with E-state index in [1.807, 2.05) is 12.1 Å². The number of pyridine rings is 1. The molecule has 4 nitrogen and oxygen atoms in total. The molecule has 0 saturated heterocycles. The Morgan fingerprint density at radius 1 is 1.00 bits per heavy atom. The zero-order valence-electron chi connectivity index (χ0n) is 12.7. The van der Waals surface area contributed by atoms with Crippen molar-refractivity contribution in [2.24, 2.45) is 0 Å². The fraction of sp³-hybridized carbons (Fsp3) is 0.278. The van der Waals surface area contributed by atoms with Gasteiger partial charge in [-0.2, -0.15) is 0 Å². The molecule has 0 N–H and O–H groups in total. The molecule has 2 aromatic heterocycles. The zero-order chi connectivity index (χ0) is 15.5. The Balaban J connectivity index is 1.58. The van der Waals surface area contributed by atoms with E-state index in [1.165, 1.54) is 30.4 Å². The zero-order valence-corrected chi connectivity index (χ0v) is 13.5. The van der Waals surface area contributed by atoms with Gasteiger partial charge < -0.3 is 4.42 Å². The summed E-state index contributed by atoms with van der Waals surface area (Å²) in [6, 6.07) is 12.5. The van der Waals surface area contributed by atoms with Crippen LogP contribution in [-0.4, -0.2) is 15.2 Å². The number of hydrogen-bond donors (Lipinski definition) is 0. The van der Waals surface area contributed by atoms with E-state index in [0.717, 1.165) is 12.0 Å². The summed E-state index contributed by atoms with van der Waals surface area (Å²) in [7, 11) is 0. The van der Waals surface area contributed by atoms with Crippen LogP contribution < -0.4 is 0 Å². The topological polar surface area (TPSA) is 51.8 Å². The van der Waals surface area contributed by atoms with Gasteiger partial charge in [-0.25, -0.2) is 0 Å². The molecule has 1 aliphatic rings. The molecule has 0 amide bonds. The lowest BCUT2D eigenvalue weighted by atomic mass is 10.0. The molecule has 1 atom stereocenters. The van der Waals surface area contributed by atoms with Crippen molar-refractivity contribution in [2.75, 3.05) is 0 Å². The van der Waals surface area contributed by atoms with Gasteiger partial charge in [-0.15, -0.1) is 10.2 Å². The summed E-state index contributed by atoms with van der Waals surface area (Å²) in [6.45, 7) is 0. The molecule has 2 heterocycles. The van der Waals surface area contributed by atoms with Crippen LogP contribution in [-0.2, 0) is 6.42 Å². The van der Waals surface area contributed by atoms with Gasteiger partial charge in [-0.05, 0) is 42.5 Å². The standard InChI is InChI=1S/C18H17N3OS/c1-3-7-15-13(5-1)6-2-4-8-16(15)23-18-21-20-17(22-18)14-9-11-19-12-10-14/h1,3,5,7,9-12,16H,2,4,6,8H2/t16-/m1/s1. The van der Waals surface area contributed by atoms with Crippen molar-refractivity contribution >= 4 is 11.8 Å². The lowest BCUT2D eigenvalue weighted by molar-refractivity contribution is 0.464. The first kappa shape index (κ1) is 14.5. The van der Waals surface area contributed by atoms with Crippen LogP contribution in [0.25, 0.3) is 11.5 Å². The summed E-state index contributed by atoms with van der Waals surface area (Å²) in [6.07, 6.45) is 8.26. The molecule has 0 spiro atoms. The molecule has 5 heteroatoms. The van der Waals surface area contributed by atoms with Crippen molar-refractivity contribution in [3.05, 3.63) is 59.9 Å². The van der Waals surface area contributed by atoms with E-state index in [-0.39, 0.29) is 0 Å². The first-order valence-electron chi connectivity index (χ1n) is 7.88. The highest BCUT2D eigenvalue weighted by atomic mass is 32.2. The maximum absolute atomic E-state index is 5.84. The predicted molar refractivity (Wildman–Crippen MR) is 90.1 cm³/mol. The van der Waals surface area contributed by atoms with Crippen LogP contribution in [0.15, 0.2) is 58.4 Å². The van der Waals surface area contributed by atoms with E-state index < -0.39 is 0 Å². The fourth-order valence-corrected chi connectivity index (χ4v) is 4.09. The summed E-state index contributed by atoms with van der Waals surface area (Å²) < 4.78 is 5.84. The van der Waals surface area contributed by atoms with E-state index in [0.29, 0.717) is 16.4 Å². The highest BCUT2D eigenvalue weighted by molar-refractivity contribution is 7.99. The van der Waals surface area contributed by atoms with E-state index in [9.17, 15) is 0 Å². The molecule has 116 valence electrons. The van der Waals surface area contributed by atoms with E-state index in [4.69, 9.17) is 4.42 Å². The van der Waals surface area contributed by atoms with Gasteiger partial charge in [0, 0.05) is 23.2 Å². The van der Waals surface area contributed by atoms with Gasteiger partial charge >= 0.3 is 0 Å². The van der Waals surface area contributed by atoms with Crippen LogP contribution in [0.1, 0.15) is 35.6 Å². The third-order valence-electron chi connectivity index (χ3n) is 4.14. The molecule has 0 saturated carbocycles. The SMILES string of the molecule is c1ccc2c(c1)CCCC[C@H]2Sc1nnc(-c2ccncc2)o1. The molecule has 3 aromatic rings. The van der Waals surface area contributed by atoms with Crippen molar-refractivity contribution in [3.8, 4) is 11.5 Å². The average Bonchev–Trinajstić information content (AvgIpc) is 2.98. The van der Waals surface area contributed by atoms with Crippen LogP contribution in [0.5, 0.6) is 0 Å². The second kappa shape index (κ2) is 6.54. The Morgan fingerprint density at radius 3 is 2.78 bits per heavy atom. The summed E-state index contributed by atoms with van der Waals surface area (Å²) in [5.41, 5.74) is 3.77. The average molecular weight is 323 g/mol. The Morgan fingerprint density at radius 2 is 1.87 bits per heavy atom. The van der Waals surface area contributed by atoms with Crippen LogP contribution >= 0.6 is 11.8 Å². The largest absolute Gasteiger partial charge is 0.411 e. The second-order valence-electron chi connectivity index (χ2n) is 5.66. The highest BCUT2D eigenvalue weighted by Crippen LogP contribution is 2.42. The van der Waals surface area contributed by atoms with Crippen molar-refractivity contribution < 1.29 is 4.42 Å². The van der Waals surface area contributed by atoms with Gasteiger partial charge in [0.15, 0.2) is 0 Å². The van der Waals surface area contributed by atoms with Crippen molar-refractivity contribution in [3.63, 3.8) is 0 Å². The Hall–Kier alpha value is -2.14. The first-order chi connectivity index (χ1) is 11.4. The number of rotatable bonds is 3. The van der Waals surface area contributed by atoms with Crippen LogP contribution in [0.2, 0.25) is 0 Å². The molecule has 0 bridgehead atoms. The summed E-state index contributed by atoms with van der Waals surface area (Å²) in [4.78, 5) is 4.01. The van der Waals surface area contributed by atoms with Gasteiger partial charge in [-0.3, -0.25) is 4.98 Å². The molecule has 0 radical (unpaired) electrons. The number of nitrogens with zero attached hydrogens (tertiary/aromatic N) is 3. The monoisotopic (exact) mass is 323 g/mol. The van der Waals surface area contributed by atoms with Gasteiger partial charge in [0.1, 0.15) is 0 Å². The number of aryl methyl sites for hydroxylation is 1. The Bertz CT molecular complexity index is 788. The number of aromatic nitrogens is 3. The minimum Gasteiger partial charge on any atom is -0.411 e. The normalized spacial score (nSPS) is 17.5. The second-order valence-corrected chi connectivity index (χ2v) is 6.81. The lowest BCUT2D eigenvalue weighted by Crippen LogP contribution is -1.96. The van der Waals surface area contributed by atoms with Gasteiger partial charge in [-0.1, -0.05) is 42.4 Å². The molecule has 0 unspecified atom stereocenters. The molecule has 23 heavy (non-hydrogen) atoms. The smallest absolute Gasteiger partial charge is 0.277 e. The van der Waals surface area contributed by atoms with Crippen molar-refractivity contribution in [2.45, 2.75) is 36.2 Å². The maximum atomic E-state index is 5.84. The summed E-state index contributed by atoms with van der Waals surface area (Å²) in [5.74, 6) is 0.553. The summed E-state index contributed by atoms with van der Waals surface area (Å²) >= 11 is 1.68. The third-order valence-corrected chi connectivity index (χ3v) is 5.28. The third kappa shape index (κ3) is 3.15. The minimum atomic E-state index is 0.388. The van der Waals surface area contributed by atoms with Gasteiger partial charge in [0.05, 0.1) is 0 Å². The number of hydrogen-bond acceptors (Lipinski definition) is 5. The van der Waals surface area contributed by atoms with E-state index in [2.05, 4.69) is 39.4 Å². The Labute approximate surface area is 139 Å². The van der Waals surface area contributed by atoms with Crippen LogP contribution in [0.3, 0.4) is 0 Å². The number of benzene rings is 1. The van der Waals surface area contributed by atoms with Crippen LogP contribution in [0, 0.1) is 0 Å². The molecule has 0 aliphatic heterocycles. The van der Waals surface area contributed by atoms with Gasteiger partial charge in [0.2, 0.25) is 5.89 Å². The number of thioether (sulfide) groups is 1. The van der Waals surface area contributed by atoms with Gasteiger partial charge in [0.25, 0.3) is 5.22 Å². The summed E-state index contributed by atoms with van der Waals surface area (Å²) in [5, 5.41) is 9.41. The number of fused-ring (bicyclic) bond motifs is 1. The fourth-order valence-electron chi connectivity index (χ4n) is 2.99. The quantitative estimate of drug-likeness (QED) is 0.654. The molecule has 4 rings (SSSR count). The van der Waals surface area contributed by atoms with Crippen molar-refractivity contribution in [1.29, 1.82) is 0 Å². The predicted octanol–water partition coefficient (Wildman–Crippen LogP) is 4.69. The van der Waals surface area contributed by atoms with Crippen molar-refractivity contribution in [1.82, 2.24) is 15.2 Å². The minimum absolute atomic E-state index is 0.388. The molecule has 1 aliphatic carbocycles. The lowest BCUT2D eigenvalue weighted by Gasteiger charge is -2.14. The molecule has 1 aromatic carbocycles. The molecular formula is C18H17N3OS. The van der Waals surface area contributed by atoms with E-state index in [1.54, 1.807) is 24.2 Å². The highest BCUT2D eigenvalue weighted by Gasteiger charge is 2.22. The molecule has 0 fully saturated rings. The molecular weight excluding hydrogens is 306 g/mol. The Kier molecular flexibility index (Phi) is 4.11. The maximum Gasteiger partial charge on any atom is 0.277 e.